The van der Waals surface area contributed by atoms with Gasteiger partial charge in [0.1, 0.15) is 0 Å². The minimum atomic E-state index is -0.0250. The minimum absolute atomic E-state index is 0.0250. The predicted octanol–water partition coefficient (Wildman–Crippen LogP) is 7.13. The number of carbonyl (C=O) groups excluding carboxylic acids is 2. The normalized spacial score (nSPS) is 11.5. The van der Waals surface area contributed by atoms with Crippen LogP contribution in [0.4, 0.5) is 0 Å². The van der Waals surface area contributed by atoms with Crippen LogP contribution in [0.2, 0.25) is 0 Å². The van der Waals surface area contributed by atoms with E-state index < -0.39 is 0 Å². The van der Waals surface area contributed by atoms with Crippen molar-refractivity contribution >= 4 is 78.3 Å². The van der Waals surface area contributed by atoms with Crippen LogP contribution in [0.5, 0.6) is 0 Å². The lowest BCUT2D eigenvalue weighted by atomic mass is 10.1. The van der Waals surface area contributed by atoms with Crippen molar-refractivity contribution in [2.75, 3.05) is 0 Å². The van der Waals surface area contributed by atoms with Crippen LogP contribution < -0.4 is 0 Å². The lowest BCUT2D eigenvalue weighted by Gasteiger charge is -1.97. The average molecular weight is 508 g/mol. The summed E-state index contributed by atoms with van der Waals surface area (Å²) in [7, 11) is 0. The van der Waals surface area contributed by atoms with Crippen molar-refractivity contribution in [1.29, 1.82) is 0 Å². The molecule has 0 aliphatic carbocycles. The van der Waals surface area contributed by atoms with Gasteiger partial charge in [-0.05, 0) is 78.0 Å². The molecule has 2 nitrogen and oxygen atoms in total. The first-order chi connectivity index (χ1) is 12.5. The Hall–Kier alpha value is -1.60. The Labute approximate surface area is 176 Å². The fourth-order valence-corrected chi connectivity index (χ4v) is 5.13. The Balaban J connectivity index is 1.65. The van der Waals surface area contributed by atoms with Crippen molar-refractivity contribution in [2.45, 2.75) is 0 Å². The molecule has 6 heteroatoms. The Kier molecular flexibility index (Phi) is 6.53. The number of hydrogen-bond acceptors (Lipinski definition) is 4. The van der Waals surface area contributed by atoms with Crippen molar-refractivity contribution in [3.63, 3.8) is 0 Å². The van der Waals surface area contributed by atoms with E-state index in [1.807, 2.05) is 47.2 Å². The molecule has 0 fully saturated rings. The van der Waals surface area contributed by atoms with Crippen molar-refractivity contribution in [1.82, 2.24) is 0 Å². The van der Waals surface area contributed by atoms with E-state index >= 15 is 0 Å². The number of carbonyl (C=O) groups is 2. The third kappa shape index (κ3) is 4.76. The van der Waals surface area contributed by atoms with Crippen LogP contribution in [0, 0.1) is 0 Å². The van der Waals surface area contributed by atoms with E-state index in [1.54, 1.807) is 24.3 Å². The fraction of sp³-hybridized carbons (Fsp3) is 0. The molecule has 1 aromatic carbocycles. The molecule has 3 rings (SSSR count). The molecule has 0 aliphatic heterocycles. The molecule has 130 valence electrons. The highest BCUT2D eigenvalue weighted by Crippen LogP contribution is 2.24. The van der Waals surface area contributed by atoms with Crippen LogP contribution in [0.25, 0.3) is 12.2 Å². The van der Waals surface area contributed by atoms with Crippen LogP contribution >= 0.6 is 54.5 Å². The molecule has 0 saturated heterocycles. The van der Waals surface area contributed by atoms with Crippen LogP contribution in [-0.2, 0) is 0 Å². The van der Waals surface area contributed by atoms with Gasteiger partial charge in [-0.25, -0.2) is 0 Å². The average Bonchev–Trinajstić information content (AvgIpc) is 3.26. The van der Waals surface area contributed by atoms with E-state index in [-0.39, 0.29) is 11.6 Å². The maximum atomic E-state index is 12.1. The van der Waals surface area contributed by atoms with Gasteiger partial charge in [-0.1, -0.05) is 36.4 Å². The highest BCUT2D eigenvalue weighted by molar-refractivity contribution is 9.11. The van der Waals surface area contributed by atoms with Crippen molar-refractivity contribution in [3.05, 3.63) is 89.1 Å². The molecular formula is C20H12Br2O2S2. The number of hydrogen-bond donors (Lipinski definition) is 0. The van der Waals surface area contributed by atoms with Gasteiger partial charge in [0.2, 0.25) is 0 Å². The van der Waals surface area contributed by atoms with Crippen LogP contribution in [0.1, 0.15) is 30.5 Å². The van der Waals surface area contributed by atoms with Gasteiger partial charge in [0.25, 0.3) is 0 Å². The van der Waals surface area contributed by atoms with Gasteiger partial charge in [0, 0.05) is 8.95 Å². The second-order valence-corrected chi connectivity index (χ2v) is 8.80. The second-order valence-electron chi connectivity index (χ2n) is 5.26. The largest absolute Gasteiger partial charge is 0.288 e. The molecule has 0 spiro atoms. The first kappa shape index (κ1) is 19.2. The molecule has 0 saturated carbocycles. The quantitative estimate of drug-likeness (QED) is 0.262. The number of halogens is 2. The molecule has 0 unspecified atom stereocenters. The van der Waals surface area contributed by atoms with Gasteiger partial charge in [0.05, 0.1) is 9.75 Å². The lowest BCUT2D eigenvalue weighted by molar-refractivity contribution is 0.104. The molecule has 0 atom stereocenters. The second kappa shape index (κ2) is 8.86. The molecule has 0 bridgehead atoms. The highest BCUT2D eigenvalue weighted by atomic mass is 79.9. The zero-order chi connectivity index (χ0) is 18.5. The van der Waals surface area contributed by atoms with Gasteiger partial charge in [-0.15, -0.1) is 22.7 Å². The van der Waals surface area contributed by atoms with Crippen molar-refractivity contribution in [2.24, 2.45) is 0 Å². The molecule has 26 heavy (non-hydrogen) atoms. The summed E-state index contributed by atoms with van der Waals surface area (Å²) in [5.41, 5.74) is 1.85. The van der Waals surface area contributed by atoms with E-state index in [1.165, 1.54) is 22.7 Å². The minimum Gasteiger partial charge on any atom is -0.288 e. The summed E-state index contributed by atoms with van der Waals surface area (Å²) in [6.45, 7) is 0. The van der Waals surface area contributed by atoms with Gasteiger partial charge in [-0.2, -0.15) is 0 Å². The number of ketones is 2. The smallest absolute Gasteiger partial charge is 0.196 e. The van der Waals surface area contributed by atoms with Gasteiger partial charge in [-0.3, -0.25) is 9.59 Å². The first-order valence-corrected chi connectivity index (χ1v) is 10.9. The van der Waals surface area contributed by atoms with Crippen molar-refractivity contribution in [3.8, 4) is 0 Å². The van der Waals surface area contributed by atoms with E-state index in [4.69, 9.17) is 0 Å². The SMILES string of the molecule is O=C(/C=C/c1ccc(/C=C/C(=O)c2sccc2Br)cc1)c1sccc1Br. The fourth-order valence-electron chi connectivity index (χ4n) is 2.15. The zero-order valence-corrected chi connectivity index (χ0v) is 18.1. The first-order valence-electron chi connectivity index (χ1n) is 7.55. The summed E-state index contributed by atoms with van der Waals surface area (Å²) < 4.78 is 1.64. The monoisotopic (exact) mass is 506 g/mol. The number of benzene rings is 1. The standard InChI is InChI=1S/C20H12Br2O2S2/c21-15-9-11-25-19(15)17(23)7-5-13-1-2-14(4-3-13)6-8-18(24)20-16(22)10-12-26-20/h1-12H/b7-5+,8-6+. The zero-order valence-electron chi connectivity index (χ0n) is 13.3. The molecule has 3 aromatic rings. The lowest BCUT2D eigenvalue weighted by Crippen LogP contribution is -1.91. The Morgan fingerprint density at radius 1 is 0.692 bits per heavy atom. The molecule has 2 heterocycles. The third-order valence-electron chi connectivity index (χ3n) is 3.47. The molecule has 2 aromatic heterocycles. The Morgan fingerprint density at radius 3 is 1.38 bits per heavy atom. The predicted molar refractivity (Wildman–Crippen MR) is 117 cm³/mol. The summed E-state index contributed by atoms with van der Waals surface area (Å²) in [6, 6.07) is 11.4. The summed E-state index contributed by atoms with van der Waals surface area (Å²) in [5, 5.41) is 3.75. The summed E-state index contributed by atoms with van der Waals surface area (Å²) in [4.78, 5) is 25.6. The van der Waals surface area contributed by atoms with E-state index in [9.17, 15) is 9.59 Å². The van der Waals surface area contributed by atoms with Gasteiger partial charge < -0.3 is 0 Å². The summed E-state index contributed by atoms with van der Waals surface area (Å²) >= 11 is 9.56. The molecule has 0 aliphatic rings. The van der Waals surface area contributed by atoms with E-state index in [0.29, 0.717) is 9.75 Å². The number of rotatable bonds is 6. The summed E-state index contributed by atoms with van der Waals surface area (Å²) in [5.74, 6) is -0.0501. The maximum Gasteiger partial charge on any atom is 0.196 e. The van der Waals surface area contributed by atoms with Crippen LogP contribution in [-0.4, -0.2) is 11.6 Å². The summed E-state index contributed by atoms with van der Waals surface area (Å²) in [6.07, 6.45) is 6.71. The maximum absolute atomic E-state index is 12.1. The topological polar surface area (TPSA) is 34.1 Å². The van der Waals surface area contributed by atoms with Gasteiger partial charge in [0.15, 0.2) is 11.6 Å². The molecular weight excluding hydrogens is 496 g/mol. The Bertz CT molecular complexity index is 914. The van der Waals surface area contributed by atoms with Crippen LogP contribution in [0.3, 0.4) is 0 Å². The molecule has 0 N–H and O–H groups in total. The number of allylic oxidation sites excluding steroid dienone is 2. The van der Waals surface area contributed by atoms with E-state index in [0.717, 1.165) is 20.1 Å². The van der Waals surface area contributed by atoms with Crippen LogP contribution in [0.15, 0.2) is 68.3 Å². The van der Waals surface area contributed by atoms with Gasteiger partial charge >= 0.3 is 0 Å². The third-order valence-corrected chi connectivity index (χ3v) is 7.18. The number of thiophene rings is 2. The molecule has 0 amide bonds. The molecule has 0 radical (unpaired) electrons. The van der Waals surface area contributed by atoms with Crippen molar-refractivity contribution < 1.29 is 9.59 Å². The highest BCUT2D eigenvalue weighted by Gasteiger charge is 2.08. The van der Waals surface area contributed by atoms with E-state index in [2.05, 4.69) is 31.9 Å². The Morgan fingerprint density at radius 2 is 1.08 bits per heavy atom.